The Bertz CT molecular complexity index is 906. The number of carbonyl (C=O) groups excluding carboxylic acids is 2. The molecule has 0 radical (unpaired) electrons. The topological polar surface area (TPSA) is 108 Å². The summed E-state index contributed by atoms with van der Waals surface area (Å²) in [6.07, 6.45) is 0.554. The summed E-state index contributed by atoms with van der Waals surface area (Å²) in [5.41, 5.74) is 5.98. The Hall–Kier alpha value is -2.23. The number of nitrogens with zero attached hydrogens (tertiary/aromatic N) is 3. The van der Waals surface area contributed by atoms with Crippen LogP contribution in [-0.4, -0.2) is 58.2 Å². The summed E-state index contributed by atoms with van der Waals surface area (Å²) in [6.45, 7) is 4.73. The second kappa shape index (κ2) is 9.06. The molecule has 0 unspecified atom stereocenters. The van der Waals surface area contributed by atoms with Gasteiger partial charge in [0.2, 0.25) is 5.91 Å². The van der Waals surface area contributed by atoms with Gasteiger partial charge in [-0.15, -0.1) is 5.10 Å². The Morgan fingerprint density at radius 2 is 2.24 bits per heavy atom. The molecule has 0 aliphatic carbocycles. The van der Waals surface area contributed by atoms with E-state index < -0.39 is 11.5 Å². The molecule has 2 heterocycles. The number of carbonyl (C=O) groups is 2. The molecule has 3 rings (SSSR count). The van der Waals surface area contributed by atoms with E-state index in [1.54, 1.807) is 17.0 Å². The molecule has 2 N–H and O–H groups in total. The van der Waals surface area contributed by atoms with E-state index in [2.05, 4.69) is 9.59 Å². The van der Waals surface area contributed by atoms with E-state index in [1.807, 2.05) is 19.9 Å². The maximum absolute atomic E-state index is 13.0. The Morgan fingerprint density at radius 3 is 2.93 bits per heavy atom. The van der Waals surface area contributed by atoms with Gasteiger partial charge in [0.15, 0.2) is 0 Å². The van der Waals surface area contributed by atoms with E-state index in [0.717, 1.165) is 17.1 Å². The number of benzene rings is 1. The zero-order valence-corrected chi connectivity index (χ0v) is 17.9. The SMILES string of the molecule is CCc1nnsc1C(=O)N1CCO[C@](COc2ccc(Cl)c(C)c2)(CC(N)=O)C1. The van der Waals surface area contributed by atoms with Crippen LogP contribution in [0.5, 0.6) is 5.75 Å². The molecule has 1 saturated heterocycles. The zero-order valence-electron chi connectivity index (χ0n) is 16.3. The number of rotatable bonds is 7. The van der Waals surface area contributed by atoms with Gasteiger partial charge in [-0.2, -0.15) is 0 Å². The van der Waals surface area contributed by atoms with Crippen LogP contribution in [0.25, 0.3) is 0 Å². The van der Waals surface area contributed by atoms with Gasteiger partial charge in [0.25, 0.3) is 5.91 Å². The van der Waals surface area contributed by atoms with E-state index in [4.69, 9.17) is 26.8 Å². The standard InChI is InChI=1S/C19H23ClN4O4S/c1-3-15-17(29-23-22-15)18(26)24-6-7-28-19(10-24,9-16(21)25)11-27-13-4-5-14(20)12(2)8-13/h4-5,8H,3,6-7,9-11H2,1-2H3,(H2,21,25)/t19-/m1/s1. The molecule has 29 heavy (non-hydrogen) atoms. The summed E-state index contributed by atoms with van der Waals surface area (Å²) >= 11 is 7.13. The molecule has 1 aromatic heterocycles. The van der Waals surface area contributed by atoms with E-state index in [1.165, 1.54) is 0 Å². The van der Waals surface area contributed by atoms with Crippen molar-refractivity contribution < 1.29 is 19.1 Å². The highest BCUT2D eigenvalue weighted by atomic mass is 35.5. The third kappa shape index (κ3) is 5.04. The van der Waals surface area contributed by atoms with Crippen molar-refractivity contribution in [1.82, 2.24) is 14.5 Å². The minimum absolute atomic E-state index is 0.0646. The minimum Gasteiger partial charge on any atom is -0.490 e. The summed E-state index contributed by atoms with van der Waals surface area (Å²) in [6, 6.07) is 5.30. The van der Waals surface area contributed by atoms with Crippen molar-refractivity contribution in [3.8, 4) is 5.75 Å². The maximum atomic E-state index is 13.0. The Labute approximate surface area is 178 Å². The van der Waals surface area contributed by atoms with Crippen molar-refractivity contribution in [1.29, 1.82) is 0 Å². The van der Waals surface area contributed by atoms with Crippen LogP contribution in [0.15, 0.2) is 18.2 Å². The molecule has 0 spiro atoms. The average molecular weight is 439 g/mol. The van der Waals surface area contributed by atoms with Gasteiger partial charge in [-0.05, 0) is 48.6 Å². The number of primary amides is 1. The van der Waals surface area contributed by atoms with Gasteiger partial charge in [0.1, 0.15) is 22.8 Å². The second-order valence-electron chi connectivity index (χ2n) is 7.00. The smallest absolute Gasteiger partial charge is 0.267 e. The third-order valence-corrected chi connectivity index (χ3v) is 5.93. The lowest BCUT2D eigenvalue weighted by Crippen LogP contribution is -2.58. The summed E-state index contributed by atoms with van der Waals surface area (Å²) < 4.78 is 15.7. The second-order valence-corrected chi connectivity index (χ2v) is 8.16. The molecule has 156 valence electrons. The van der Waals surface area contributed by atoms with Crippen LogP contribution < -0.4 is 10.5 Å². The number of morpholine rings is 1. The van der Waals surface area contributed by atoms with Gasteiger partial charge in [-0.1, -0.05) is 23.0 Å². The first-order chi connectivity index (χ1) is 13.8. The summed E-state index contributed by atoms with van der Waals surface area (Å²) in [7, 11) is 0. The van der Waals surface area contributed by atoms with Crippen molar-refractivity contribution in [2.45, 2.75) is 32.3 Å². The maximum Gasteiger partial charge on any atom is 0.267 e. The largest absolute Gasteiger partial charge is 0.490 e. The number of nitrogens with two attached hydrogens (primary N) is 1. The first-order valence-corrected chi connectivity index (χ1v) is 10.4. The van der Waals surface area contributed by atoms with E-state index in [-0.39, 0.29) is 32.1 Å². The number of ether oxygens (including phenoxy) is 2. The van der Waals surface area contributed by atoms with Crippen LogP contribution in [0.4, 0.5) is 0 Å². The first-order valence-electron chi connectivity index (χ1n) is 9.25. The van der Waals surface area contributed by atoms with Crippen molar-refractivity contribution >= 4 is 34.9 Å². The predicted octanol–water partition coefficient (Wildman–Crippen LogP) is 2.23. The fraction of sp³-hybridized carbons (Fsp3) is 0.474. The molecule has 2 aromatic rings. The fourth-order valence-corrected chi connectivity index (χ4v) is 4.09. The molecule has 1 fully saturated rings. The molecule has 8 nitrogen and oxygen atoms in total. The quantitative estimate of drug-likeness (QED) is 0.710. The van der Waals surface area contributed by atoms with Crippen molar-refractivity contribution in [3.63, 3.8) is 0 Å². The number of aromatic nitrogens is 2. The van der Waals surface area contributed by atoms with Crippen molar-refractivity contribution in [2.24, 2.45) is 5.73 Å². The van der Waals surface area contributed by atoms with Gasteiger partial charge >= 0.3 is 0 Å². The van der Waals surface area contributed by atoms with Crippen LogP contribution in [0.1, 0.15) is 34.3 Å². The van der Waals surface area contributed by atoms with E-state index in [0.29, 0.717) is 34.3 Å². The monoisotopic (exact) mass is 438 g/mol. The number of amides is 2. The van der Waals surface area contributed by atoms with Crippen LogP contribution in [0.2, 0.25) is 5.02 Å². The number of halogens is 1. The number of hydrogen-bond donors (Lipinski definition) is 1. The molecule has 1 aliphatic heterocycles. The molecular formula is C19H23ClN4O4S. The molecule has 2 amide bonds. The number of aryl methyl sites for hydroxylation is 2. The summed E-state index contributed by atoms with van der Waals surface area (Å²) in [4.78, 5) is 26.9. The van der Waals surface area contributed by atoms with Gasteiger partial charge in [0.05, 0.1) is 25.3 Å². The van der Waals surface area contributed by atoms with Crippen LogP contribution in [0, 0.1) is 6.92 Å². The lowest BCUT2D eigenvalue weighted by atomic mass is 9.97. The van der Waals surface area contributed by atoms with E-state index in [9.17, 15) is 9.59 Å². The van der Waals surface area contributed by atoms with Crippen LogP contribution >= 0.6 is 23.1 Å². The van der Waals surface area contributed by atoms with Gasteiger partial charge in [0, 0.05) is 11.6 Å². The van der Waals surface area contributed by atoms with Gasteiger partial charge in [-0.3, -0.25) is 9.59 Å². The molecule has 1 atom stereocenters. The fourth-order valence-electron chi connectivity index (χ4n) is 3.25. The molecule has 10 heteroatoms. The van der Waals surface area contributed by atoms with Crippen molar-refractivity contribution in [3.05, 3.63) is 39.4 Å². The van der Waals surface area contributed by atoms with Crippen molar-refractivity contribution in [2.75, 3.05) is 26.3 Å². The minimum atomic E-state index is -1.03. The van der Waals surface area contributed by atoms with Gasteiger partial charge < -0.3 is 20.1 Å². The molecule has 1 aliphatic rings. The van der Waals surface area contributed by atoms with Crippen LogP contribution in [0.3, 0.4) is 0 Å². The highest BCUT2D eigenvalue weighted by Crippen LogP contribution is 2.27. The molecular weight excluding hydrogens is 416 g/mol. The third-order valence-electron chi connectivity index (χ3n) is 4.75. The summed E-state index contributed by atoms with van der Waals surface area (Å²) in [5.74, 6) is -0.0945. The Morgan fingerprint density at radius 1 is 1.45 bits per heavy atom. The average Bonchev–Trinajstić information content (AvgIpc) is 3.17. The zero-order chi connectivity index (χ0) is 21.0. The van der Waals surface area contributed by atoms with Gasteiger partial charge in [-0.25, -0.2) is 0 Å². The highest BCUT2D eigenvalue weighted by Gasteiger charge is 2.41. The number of hydrogen-bond acceptors (Lipinski definition) is 7. The van der Waals surface area contributed by atoms with E-state index >= 15 is 0 Å². The first kappa shape index (κ1) is 21.5. The molecule has 0 saturated carbocycles. The summed E-state index contributed by atoms with van der Waals surface area (Å²) in [5, 5.41) is 4.65. The molecule has 0 bridgehead atoms. The molecule has 1 aromatic carbocycles. The Balaban J connectivity index is 1.78. The normalized spacial score (nSPS) is 19.2. The lowest BCUT2D eigenvalue weighted by molar-refractivity contribution is -0.142. The Kier molecular flexibility index (Phi) is 6.71. The highest BCUT2D eigenvalue weighted by molar-refractivity contribution is 7.08. The van der Waals surface area contributed by atoms with Crippen LogP contribution in [-0.2, 0) is 16.0 Å². The lowest BCUT2D eigenvalue weighted by Gasteiger charge is -2.41. The predicted molar refractivity (Wildman–Crippen MR) is 109 cm³/mol.